The van der Waals surface area contributed by atoms with Crippen molar-refractivity contribution < 1.29 is 14.7 Å². The van der Waals surface area contributed by atoms with Crippen molar-refractivity contribution >= 4 is 12.0 Å². The molecule has 1 unspecified atom stereocenters. The Morgan fingerprint density at radius 1 is 1.33 bits per heavy atom. The average molecular weight is 256 g/mol. The minimum Gasteiger partial charge on any atom is -0.481 e. The van der Waals surface area contributed by atoms with Crippen LogP contribution in [0.4, 0.5) is 4.79 Å². The molecule has 1 rings (SSSR count). The van der Waals surface area contributed by atoms with Gasteiger partial charge >= 0.3 is 12.0 Å². The summed E-state index contributed by atoms with van der Waals surface area (Å²) < 4.78 is 0. The molecule has 2 amide bonds. The molecular weight excluding hydrogens is 232 g/mol. The van der Waals surface area contributed by atoms with Crippen LogP contribution in [0.1, 0.15) is 52.4 Å². The van der Waals surface area contributed by atoms with Gasteiger partial charge in [-0.2, -0.15) is 0 Å². The van der Waals surface area contributed by atoms with Gasteiger partial charge in [0.15, 0.2) is 0 Å². The number of rotatable bonds is 6. The van der Waals surface area contributed by atoms with E-state index in [1.54, 1.807) is 0 Å². The minimum absolute atomic E-state index is 0.00429. The third kappa shape index (κ3) is 4.94. The third-order valence-corrected chi connectivity index (χ3v) is 3.71. The number of hydrogen-bond donors (Lipinski definition) is 3. The van der Waals surface area contributed by atoms with Crippen LogP contribution in [0.5, 0.6) is 0 Å². The Morgan fingerprint density at radius 3 is 2.44 bits per heavy atom. The molecule has 104 valence electrons. The lowest BCUT2D eigenvalue weighted by Crippen LogP contribution is -2.49. The van der Waals surface area contributed by atoms with Crippen molar-refractivity contribution in [2.24, 2.45) is 5.92 Å². The van der Waals surface area contributed by atoms with Crippen LogP contribution in [0.3, 0.4) is 0 Å². The molecule has 0 aromatic rings. The van der Waals surface area contributed by atoms with Gasteiger partial charge in [0.25, 0.3) is 0 Å². The van der Waals surface area contributed by atoms with Gasteiger partial charge in [0, 0.05) is 18.5 Å². The standard InChI is InChI=1S/C13H24N2O3/c1-3-10(8-11(16)17)9-14-12(18)15-13(2)6-4-5-7-13/h10H,3-9H2,1-2H3,(H,16,17)(H2,14,15,18). The van der Waals surface area contributed by atoms with Crippen molar-refractivity contribution in [2.45, 2.75) is 57.9 Å². The monoisotopic (exact) mass is 256 g/mol. The van der Waals surface area contributed by atoms with Gasteiger partial charge in [0.05, 0.1) is 0 Å². The predicted molar refractivity (Wildman–Crippen MR) is 69.4 cm³/mol. The van der Waals surface area contributed by atoms with E-state index in [-0.39, 0.29) is 23.9 Å². The molecule has 0 aromatic carbocycles. The highest BCUT2D eigenvalue weighted by molar-refractivity contribution is 5.75. The molecule has 3 N–H and O–H groups in total. The van der Waals surface area contributed by atoms with Crippen molar-refractivity contribution in [1.29, 1.82) is 0 Å². The lowest BCUT2D eigenvalue weighted by Gasteiger charge is -2.26. The summed E-state index contributed by atoms with van der Waals surface area (Å²) in [6, 6.07) is -0.178. The van der Waals surface area contributed by atoms with Gasteiger partial charge in [-0.25, -0.2) is 4.79 Å². The first kappa shape index (κ1) is 14.8. The minimum atomic E-state index is -0.813. The van der Waals surface area contributed by atoms with Gasteiger partial charge < -0.3 is 15.7 Å². The van der Waals surface area contributed by atoms with Gasteiger partial charge in [-0.15, -0.1) is 0 Å². The molecule has 0 heterocycles. The maximum Gasteiger partial charge on any atom is 0.315 e. The Morgan fingerprint density at radius 2 is 1.94 bits per heavy atom. The van der Waals surface area contributed by atoms with Gasteiger partial charge in [0.2, 0.25) is 0 Å². The van der Waals surface area contributed by atoms with Gasteiger partial charge in [0.1, 0.15) is 0 Å². The SMILES string of the molecule is CCC(CNC(=O)NC1(C)CCCC1)CC(=O)O. The van der Waals surface area contributed by atoms with E-state index in [0.29, 0.717) is 6.54 Å². The Labute approximate surface area is 108 Å². The predicted octanol–water partition coefficient (Wildman–Crippen LogP) is 2.12. The number of carboxylic acids is 1. The van der Waals surface area contributed by atoms with Gasteiger partial charge in [-0.3, -0.25) is 4.79 Å². The van der Waals surface area contributed by atoms with E-state index in [1.807, 2.05) is 6.92 Å². The zero-order chi connectivity index (χ0) is 13.6. The van der Waals surface area contributed by atoms with Crippen molar-refractivity contribution in [3.63, 3.8) is 0 Å². The molecule has 0 radical (unpaired) electrons. The molecule has 0 bridgehead atoms. The van der Waals surface area contributed by atoms with Crippen LogP contribution in [-0.4, -0.2) is 29.2 Å². The number of carboxylic acid groups (broad SMARTS) is 1. The summed E-state index contributed by atoms with van der Waals surface area (Å²) in [4.78, 5) is 22.4. The summed E-state index contributed by atoms with van der Waals surface area (Å²) in [6.45, 7) is 4.42. The highest BCUT2D eigenvalue weighted by atomic mass is 16.4. The fourth-order valence-electron chi connectivity index (χ4n) is 2.44. The number of carbonyl (C=O) groups is 2. The van der Waals surface area contributed by atoms with Gasteiger partial charge in [-0.1, -0.05) is 26.2 Å². The van der Waals surface area contributed by atoms with E-state index in [4.69, 9.17) is 5.11 Å². The molecule has 1 aliphatic carbocycles. The first-order valence-corrected chi connectivity index (χ1v) is 6.73. The smallest absolute Gasteiger partial charge is 0.315 e. The Balaban J connectivity index is 2.29. The fraction of sp³-hybridized carbons (Fsp3) is 0.846. The normalized spacial score (nSPS) is 19.2. The quantitative estimate of drug-likeness (QED) is 0.681. The van der Waals surface area contributed by atoms with Crippen LogP contribution in [-0.2, 0) is 4.79 Å². The Kier molecular flexibility index (Phi) is 5.44. The molecule has 0 aliphatic heterocycles. The zero-order valence-electron chi connectivity index (χ0n) is 11.3. The average Bonchev–Trinajstić information content (AvgIpc) is 2.70. The van der Waals surface area contributed by atoms with Crippen LogP contribution < -0.4 is 10.6 Å². The molecular formula is C13H24N2O3. The second-order valence-electron chi connectivity index (χ2n) is 5.47. The Bertz CT molecular complexity index is 299. The molecule has 1 fully saturated rings. The molecule has 1 aliphatic rings. The lowest BCUT2D eigenvalue weighted by molar-refractivity contribution is -0.138. The van der Waals surface area contributed by atoms with E-state index in [0.717, 1.165) is 32.1 Å². The summed E-state index contributed by atoms with van der Waals surface area (Å²) in [6.07, 6.45) is 5.22. The van der Waals surface area contributed by atoms with Crippen molar-refractivity contribution in [1.82, 2.24) is 10.6 Å². The molecule has 5 nitrogen and oxygen atoms in total. The van der Waals surface area contributed by atoms with E-state index < -0.39 is 5.97 Å². The highest BCUT2D eigenvalue weighted by Crippen LogP contribution is 2.28. The van der Waals surface area contributed by atoms with Crippen LogP contribution in [0.25, 0.3) is 0 Å². The maximum atomic E-state index is 11.7. The van der Waals surface area contributed by atoms with Crippen LogP contribution >= 0.6 is 0 Å². The van der Waals surface area contributed by atoms with Crippen LogP contribution in [0.15, 0.2) is 0 Å². The van der Waals surface area contributed by atoms with Gasteiger partial charge in [-0.05, 0) is 25.7 Å². The summed E-state index contributed by atoms with van der Waals surface area (Å²) in [5, 5.41) is 14.5. The number of carbonyl (C=O) groups excluding carboxylic acids is 1. The first-order chi connectivity index (χ1) is 8.45. The molecule has 0 aromatic heterocycles. The van der Waals surface area contributed by atoms with Crippen LogP contribution in [0, 0.1) is 5.92 Å². The van der Waals surface area contributed by atoms with E-state index in [9.17, 15) is 9.59 Å². The molecule has 1 saturated carbocycles. The molecule has 0 spiro atoms. The summed E-state index contributed by atoms with van der Waals surface area (Å²) in [5.41, 5.74) is -0.0847. The third-order valence-electron chi connectivity index (χ3n) is 3.71. The number of nitrogens with one attached hydrogen (secondary N) is 2. The number of hydrogen-bond acceptors (Lipinski definition) is 2. The zero-order valence-corrected chi connectivity index (χ0v) is 11.3. The van der Waals surface area contributed by atoms with Crippen molar-refractivity contribution in [3.05, 3.63) is 0 Å². The topological polar surface area (TPSA) is 78.4 Å². The highest BCUT2D eigenvalue weighted by Gasteiger charge is 2.30. The fourth-order valence-corrected chi connectivity index (χ4v) is 2.44. The largest absolute Gasteiger partial charge is 0.481 e. The molecule has 1 atom stereocenters. The molecule has 5 heteroatoms. The molecule has 18 heavy (non-hydrogen) atoms. The van der Waals surface area contributed by atoms with Crippen LogP contribution in [0.2, 0.25) is 0 Å². The first-order valence-electron chi connectivity index (χ1n) is 6.73. The summed E-state index contributed by atoms with van der Waals surface area (Å²) in [7, 11) is 0. The molecule has 0 saturated heterocycles. The van der Waals surface area contributed by atoms with Crippen molar-refractivity contribution in [3.8, 4) is 0 Å². The van der Waals surface area contributed by atoms with E-state index in [1.165, 1.54) is 0 Å². The maximum absolute atomic E-state index is 11.7. The lowest BCUT2D eigenvalue weighted by atomic mass is 10.0. The van der Waals surface area contributed by atoms with Crippen molar-refractivity contribution in [2.75, 3.05) is 6.54 Å². The Hall–Kier alpha value is -1.26. The number of urea groups is 1. The summed E-state index contributed by atoms with van der Waals surface area (Å²) in [5.74, 6) is -0.809. The second-order valence-corrected chi connectivity index (χ2v) is 5.47. The second kappa shape index (κ2) is 6.61. The summed E-state index contributed by atoms with van der Waals surface area (Å²) >= 11 is 0. The number of amides is 2. The number of aliphatic carboxylic acids is 1. The van der Waals surface area contributed by atoms with E-state index >= 15 is 0 Å². The van der Waals surface area contributed by atoms with E-state index in [2.05, 4.69) is 17.6 Å².